The Labute approximate surface area is 188 Å². The number of amides is 1. The number of oxazole rings is 1. The molecule has 0 bridgehead atoms. The first kappa shape index (κ1) is 24.2. The van der Waals surface area contributed by atoms with Crippen LogP contribution in [0.5, 0.6) is 0 Å². The molecule has 3 rings (SSSR count). The molecule has 0 spiro atoms. The minimum absolute atomic E-state index is 0.0908. The van der Waals surface area contributed by atoms with Gasteiger partial charge in [0.2, 0.25) is 0 Å². The average Bonchev–Trinajstić information content (AvgIpc) is 3.06. The molecule has 2 N–H and O–H groups in total. The second kappa shape index (κ2) is 10.4. The summed E-state index contributed by atoms with van der Waals surface area (Å²) >= 11 is 0. The predicted octanol–water partition coefficient (Wildman–Crippen LogP) is 2.56. The van der Waals surface area contributed by atoms with Crippen molar-refractivity contribution in [2.75, 3.05) is 38.2 Å². The van der Waals surface area contributed by atoms with Crippen LogP contribution in [0.25, 0.3) is 0 Å². The number of hydrogen-bond acceptors (Lipinski definition) is 8. The molecule has 1 aromatic heterocycles. The molecule has 176 valence electrons. The summed E-state index contributed by atoms with van der Waals surface area (Å²) < 4.78 is 44.9. The van der Waals surface area contributed by atoms with Gasteiger partial charge in [-0.2, -0.15) is 17.7 Å². The van der Waals surface area contributed by atoms with E-state index in [2.05, 4.69) is 30.2 Å². The minimum atomic E-state index is -4.11. The molecular weight excluding hydrogens is 436 g/mol. The first-order chi connectivity index (χ1) is 15.2. The van der Waals surface area contributed by atoms with Gasteiger partial charge in [-0.05, 0) is 37.0 Å². The molecule has 1 unspecified atom stereocenters. The quantitative estimate of drug-likeness (QED) is 0.609. The number of hydrogen-bond donors (Lipinski definition) is 2. The lowest BCUT2D eigenvalue weighted by Crippen LogP contribution is -2.47. The summed E-state index contributed by atoms with van der Waals surface area (Å²) in [5.41, 5.74) is 2.76. The van der Waals surface area contributed by atoms with E-state index in [1.54, 1.807) is 0 Å². The van der Waals surface area contributed by atoms with Crippen LogP contribution in [0.4, 0.5) is 11.7 Å². The van der Waals surface area contributed by atoms with Crippen LogP contribution in [0.1, 0.15) is 48.3 Å². The summed E-state index contributed by atoms with van der Waals surface area (Å²) in [5, 5.41) is 3.05. The number of aromatic nitrogens is 1. The van der Waals surface area contributed by atoms with Gasteiger partial charge >= 0.3 is 10.2 Å². The van der Waals surface area contributed by atoms with Crippen LogP contribution < -0.4 is 10.0 Å². The third kappa shape index (κ3) is 6.06. The Kier molecular flexibility index (Phi) is 7.88. The monoisotopic (exact) mass is 466 g/mol. The maximum atomic E-state index is 12.7. The number of ether oxygens (including phenoxy) is 2. The van der Waals surface area contributed by atoms with Crippen LogP contribution in [0, 0.1) is 6.92 Å². The molecule has 2 heterocycles. The molecule has 1 atom stereocenters. The van der Waals surface area contributed by atoms with Gasteiger partial charge < -0.3 is 19.2 Å². The third-order valence-electron chi connectivity index (χ3n) is 5.07. The van der Waals surface area contributed by atoms with Crippen LogP contribution in [0.3, 0.4) is 0 Å². The molecule has 1 aromatic carbocycles. The van der Waals surface area contributed by atoms with E-state index in [4.69, 9.17) is 13.9 Å². The Bertz CT molecular complexity index is 1040. The molecule has 10 nitrogen and oxygen atoms in total. The average molecular weight is 467 g/mol. The summed E-state index contributed by atoms with van der Waals surface area (Å²) in [5.74, 6) is -0.536. The lowest BCUT2D eigenvalue weighted by Gasteiger charge is -2.22. The SMILES string of the molecule is CCOC1COCCN(S(=O)(=O)NC(=O)c2coc(Nc3cc(C(C)C)ccc3C)n2)C1. The Balaban J connectivity index is 1.68. The van der Waals surface area contributed by atoms with Gasteiger partial charge in [0.25, 0.3) is 11.9 Å². The maximum absolute atomic E-state index is 12.7. The van der Waals surface area contributed by atoms with Gasteiger partial charge in [0.1, 0.15) is 6.26 Å². The number of benzene rings is 1. The van der Waals surface area contributed by atoms with Gasteiger partial charge in [-0.1, -0.05) is 26.0 Å². The standard InChI is InChI=1S/C21H30N4O6S/c1-5-30-17-11-25(8-9-29-12-17)32(27,28)24-20(26)19-13-31-21(23-19)22-18-10-16(14(2)3)7-6-15(18)4/h6-7,10,13-14,17H,5,8-9,11-12H2,1-4H3,(H,22,23)(H,24,26). The van der Waals surface area contributed by atoms with Crippen molar-refractivity contribution >= 4 is 27.8 Å². The van der Waals surface area contributed by atoms with Crippen LogP contribution in [-0.2, 0) is 19.7 Å². The number of carbonyl (C=O) groups is 1. The second-order valence-electron chi connectivity index (χ2n) is 7.84. The largest absolute Gasteiger partial charge is 0.431 e. The van der Waals surface area contributed by atoms with Crippen molar-refractivity contribution in [1.82, 2.24) is 14.0 Å². The Morgan fingerprint density at radius 2 is 2.16 bits per heavy atom. The highest BCUT2D eigenvalue weighted by atomic mass is 32.2. The van der Waals surface area contributed by atoms with Crippen molar-refractivity contribution in [1.29, 1.82) is 0 Å². The molecule has 0 aliphatic carbocycles. The molecule has 0 radical (unpaired) electrons. The van der Waals surface area contributed by atoms with Crippen molar-refractivity contribution in [3.63, 3.8) is 0 Å². The van der Waals surface area contributed by atoms with E-state index in [0.29, 0.717) is 19.1 Å². The first-order valence-electron chi connectivity index (χ1n) is 10.5. The number of nitrogens with one attached hydrogen (secondary N) is 2. The van der Waals surface area contributed by atoms with E-state index in [0.717, 1.165) is 27.4 Å². The number of carbonyl (C=O) groups excluding carboxylic acids is 1. The van der Waals surface area contributed by atoms with Crippen molar-refractivity contribution in [3.05, 3.63) is 41.3 Å². The third-order valence-corrected chi connectivity index (χ3v) is 6.52. The van der Waals surface area contributed by atoms with Crippen molar-refractivity contribution in [2.45, 2.75) is 39.7 Å². The van der Waals surface area contributed by atoms with E-state index in [9.17, 15) is 13.2 Å². The van der Waals surface area contributed by atoms with Crippen molar-refractivity contribution in [2.24, 2.45) is 0 Å². The Morgan fingerprint density at radius 1 is 1.38 bits per heavy atom. The van der Waals surface area contributed by atoms with Crippen LogP contribution in [0.15, 0.2) is 28.9 Å². The fourth-order valence-corrected chi connectivity index (χ4v) is 4.37. The summed E-state index contributed by atoms with van der Waals surface area (Å²) in [4.78, 5) is 16.6. The Morgan fingerprint density at radius 3 is 2.88 bits per heavy atom. The highest BCUT2D eigenvalue weighted by Crippen LogP contribution is 2.25. The van der Waals surface area contributed by atoms with Gasteiger partial charge in [-0.25, -0.2) is 4.72 Å². The molecule has 1 amide bonds. The molecule has 11 heteroatoms. The fourth-order valence-electron chi connectivity index (χ4n) is 3.23. The fraction of sp³-hybridized carbons (Fsp3) is 0.524. The molecule has 2 aromatic rings. The summed E-state index contributed by atoms with van der Waals surface area (Å²) in [6.45, 7) is 9.09. The molecule has 32 heavy (non-hydrogen) atoms. The van der Waals surface area contributed by atoms with E-state index < -0.39 is 22.2 Å². The highest BCUT2D eigenvalue weighted by molar-refractivity contribution is 7.87. The Hall–Kier alpha value is -2.47. The van der Waals surface area contributed by atoms with Crippen LogP contribution in [0.2, 0.25) is 0 Å². The van der Waals surface area contributed by atoms with E-state index >= 15 is 0 Å². The summed E-state index contributed by atoms with van der Waals surface area (Å²) in [7, 11) is -4.11. The number of rotatable bonds is 8. The second-order valence-corrected chi connectivity index (χ2v) is 9.51. The lowest BCUT2D eigenvalue weighted by atomic mass is 10.0. The molecule has 1 saturated heterocycles. The zero-order valence-electron chi connectivity index (χ0n) is 18.8. The van der Waals surface area contributed by atoms with Crippen molar-refractivity contribution in [3.8, 4) is 0 Å². The van der Waals surface area contributed by atoms with Gasteiger partial charge in [-0.3, -0.25) is 4.79 Å². The van der Waals surface area contributed by atoms with Gasteiger partial charge in [0.15, 0.2) is 5.69 Å². The normalized spacial score (nSPS) is 17.8. The van der Waals surface area contributed by atoms with Crippen molar-refractivity contribution < 1.29 is 27.1 Å². The number of anilines is 2. The number of nitrogens with zero attached hydrogens (tertiary/aromatic N) is 2. The topological polar surface area (TPSA) is 123 Å². The zero-order valence-corrected chi connectivity index (χ0v) is 19.6. The smallest absolute Gasteiger partial charge is 0.304 e. The molecule has 1 fully saturated rings. The molecule has 1 aliphatic heterocycles. The van der Waals surface area contributed by atoms with Gasteiger partial charge in [0.05, 0.1) is 19.3 Å². The predicted molar refractivity (Wildman–Crippen MR) is 119 cm³/mol. The first-order valence-corrected chi connectivity index (χ1v) is 12.0. The number of aryl methyl sites for hydroxylation is 1. The van der Waals surface area contributed by atoms with E-state index in [1.807, 2.05) is 30.7 Å². The summed E-state index contributed by atoms with van der Waals surface area (Å²) in [6, 6.07) is 6.12. The minimum Gasteiger partial charge on any atom is -0.431 e. The zero-order chi connectivity index (χ0) is 23.3. The van der Waals surface area contributed by atoms with Crippen LogP contribution >= 0.6 is 0 Å². The maximum Gasteiger partial charge on any atom is 0.304 e. The summed E-state index contributed by atoms with van der Waals surface area (Å²) in [6.07, 6.45) is 0.713. The molecule has 1 aliphatic rings. The highest BCUT2D eigenvalue weighted by Gasteiger charge is 2.30. The van der Waals surface area contributed by atoms with E-state index in [1.165, 1.54) is 0 Å². The molecule has 0 saturated carbocycles. The van der Waals surface area contributed by atoms with Gasteiger partial charge in [-0.15, -0.1) is 0 Å². The van der Waals surface area contributed by atoms with Gasteiger partial charge in [0, 0.05) is 25.4 Å². The lowest BCUT2D eigenvalue weighted by molar-refractivity contribution is 0.00303. The van der Waals surface area contributed by atoms with Crippen LogP contribution in [-0.4, -0.2) is 62.6 Å². The van der Waals surface area contributed by atoms with E-state index in [-0.39, 0.29) is 31.4 Å². The molecular formula is C21H30N4O6S.